The first kappa shape index (κ1) is 12.5. The zero-order valence-electron chi connectivity index (χ0n) is 8.93. The van der Waals surface area contributed by atoms with E-state index in [4.69, 9.17) is 23.2 Å². The summed E-state index contributed by atoms with van der Waals surface area (Å²) in [6.45, 7) is 2.00. The zero-order chi connectivity index (χ0) is 11.7. The van der Waals surface area contributed by atoms with E-state index in [1.165, 1.54) is 0 Å². The van der Waals surface area contributed by atoms with Crippen LogP contribution in [0.2, 0.25) is 10.0 Å². The van der Waals surface area contributed by atoms with Crippen LogP contribution in [0.1, 0.15) is 6.42 Å². The smallest absolute Gasteiger partial charge is 0.0837 e. The van der Waals surface area contributed by atoms with E-state index in [-0.39, 0.29) is 0 Å². The Morgan fingerprint density at radius 1 is 1.38 bits per heavy atom. The quantitative estimate of drug-likeness (QED) is 0.837. The standard InChI is InChI=1S/C11H13BrCl2N2/c1-15-7-4-5-16(6-7)9-3-2-8(12)10(13)11(9)14/h2-3,7,15H,4-6H2,1H3. The van der Waals surface area contributed by atoms with Crippen molar-refractivity contribution in [2.75, 3.05) is 25.0 Å². The number of anilines is 1. The first-order valence-electron chi connectivity index (χ1n) is 5.19. The molecule has 0 aromatic heterocycles. The number of rotatable bonds is 2. The Balaban J connectivity index is 2.25. The van der Waals surface area contributed by atoms with Crippen molar-refractivity contribution in [2.24, 2.45) is 0 Å². The maximum atomic E-state index is 6.25. The Labute approximate surface area is 114 Å². The van der Waals surface area contributed by atoms with E-state index in [0.717, 1.165) is 29.7 Å². The molecule has 5 heteroatoms. The molecule has 16 heavy (non-hydrogen) atoms. The minimum absolute atomic E-state index is 0.540. The molecule has 1 atom stereocenters. The minimum Gasteiger partial charge on any atom is -0.369 e. The molecular formula is C11H13BrCl2N2. The molecule has 2 nitrogen and oxygen atoms in total. The van der Waals surface area contributed by atoms with Crippen LogP contribution in [-0.4, -0.2) is 26.2 Å². The van der Waals surface area contributed by atoms with Gasteiger partial charge < -0.3 is 10.2 Å². The third kappa shape index (κ3) is 2.33. The molecule has 1 aromatic carbocycles. The van der Waals surface area contributed by atoms with E-state index in [2.05, 4.69) is 26.1 Å². The van der Waals surface area contributed by atoms with Gasteiger partial charge in [-0.2, -0.15) is 0 Å². The maximum Gasteiger partial charge on any atom is 0.0837 e. The van der Waals surface area contributed by atoms with Crippen LogP contribution in [-0.2, 0) is 0 Å². The average molecular weight is 324 g/mol. The molecule has 0 aliphatic carbocycles. The maximum absolute atomic E-state index is 6.25. The van der Waals surface area contributed by atoms with Crippen LogP contribution in [0.3, 0.4) is 0 Å². The van der Waals surface area contributed by atoms with Gasteiger partial charge in [-0.05, 0) is 41.5 Å². The van der Waals surface area contributed by atoms with Gasteiger partial charge in [-0.1, -0.05) is 23.2 Å². The molecule has 1 aliphatic rings. The van der Waals surface area contributed by atoms with Crippen LogP contribution >= 0.6 is 39.1 Å². The minimum atomic E-state index is 0.540. The molecule has 1 aromatic rings. The molecule has 0 saturated carbocycles. The number of nitrogens with one attached hydrogen (secondary N) is 1. The van der Waals surface area contributed by atoms with Crippen molar-refractivity contribution >= 4 is 44.8 Å². The topological polar surface area (TPSA) is 15.3 Å². The van der Waals surface area contributed by atoms with Crippen LogP contribution in [0.25, 0.3) is 0 Å². The Kier molecular flexibility index (Phi) is 4.01. The average Bonchev–Trinajstić information content (AvgIpc) is 2.74. The third-order valence-corrected chi connectivity index (χ3v) is 4.71. The van der Waals surface area contributed by atoms with E-state index in [1.54, 1.807) is 0 Å². The molecule has 1 heterocycles. The second kappa shape index (κ2) is 5.13. The second-order valence-corrected chi connectivity index (χ2v) is 5.53. The van der Waals surface area contributed by atoms with Crippen molar-refractivity contribution in [1.29, 1.82) is 0 Å². The van der Waals surface area contributed by atoms with Gasteiger partial charge in [0.15, 0.2) is 0 Å². The lowest BCUT2D eigenvalue weighted by molar-refractivity contribution is 0.617. The van der Waals surface area contributed by atoms with Crippen molar-refractivity contribution in [1.82, 2.24) is 5.32 Å². The fourth-order valence-electron chi connectivity index (χ4n) is 1.97. The molecule has 1 aliphatic heterocycles. The number of nitrogens with zero attached hydrogens (tertiary/aromatic N) is 1. The summed E-state index contributed by atoms with van der Waals surface area (Å²) < 4.78 is 0.840. The molecule has 0 bridgehead atoms. The van der Waals surface area contributed by atoms with Crippen molar-refractivity contribution < 1.29 is 0 Å². The molecular weight excluding hydrogens is 311 g/mol. The fourth-order valence-corrected chi connectivity index (χ4v) is 2.86. The Morgan fingerprint density at radius 3 is 2.75 bits per heavy atom. The number of hydrogen-bond donors (Lipinski definition) is 1. The highest BCUT2D eigenvalue weighted by atomic mass is 79.9. The Morgan fingerprint density at radius 2 is 2.12 bits per heavy atom. The lowest BCUT2D eigenvalue weighted by Gasteiger charge is -2.20. The van der Waals surface area contributed by atoms with Gasteiger partial charge in [0.25, 0.3) is 0 Å². The van der Waals surface area contributed by atoms with Gasteiger partial charge in [-0.15, -0.1) is 0 Å². The highest BCUT2D eigenvalue weighted by Crippen LogP contribution is 2.38. The summed E-state index contributed by atoms with van der Waals surface area (Å²) in [5.74, 6) is 0. The summed E-state index contributed by atoms with van der Waals surface area (Å²) >= 11 is 15.7. The molecule has 88 valence electrons. The highest BCUT2D eigenvalue weighted by molar-refractivity contribution is 9.10. The largest absolute Gasteiger partial charge is 0.369 e. The zero-order valence-corrected chi connectivity index (χ0v) is 12.0. The molecule has 1 fully saturated rings. The van der Waals surface area contributed by atoms with Gasteiger partial charge >= 0.3 is 0 Å². The SMILES string of the molecule is CNC1CCN(c2ccc(Br)c(Cl)c2Cl)C1. The van der Waals surface area contributed by atoms with Gasteiger partial charge in [0.2, 0.25) is 0 Å². The van der Waals surface area contributed by atoms with Gasteiger partial charge in [-0.25, -0.2) is 0 Å². The van der Waals surface area contributed by atoms with E-state index in [0.29, 0.717) is 16.1 Å². The third-order valence-electron chi connectivity index (χ3n) is 2.95. The van der Waals surface area contributed by atoms with E-state index in [1.807, 2.05) is 19.2 Å². The molecule has 2 rings (SSSR count). The number of benzene rings is 1. The molecule has 0 spiro atoms. The first-order valence-corrected chi connectivity index (χ1v) is 6.74. The van der Waals surface area contributed by atoms with Crippen LogP contribution in [0, 0.1) is 0 Å². The van der Waals surface area contributed by atoms with E-state index in [9.17, 15) is 0 Å². The summed E-state index contributed by atoms with van der Waals surface area (Å²) in [6, 6.07) is 4.49. The van der Waals surface area contributed by atoms with E-state index >= 15 is 0 Å². The fraction of sp³-hybridized carbons (Fsp3) is 0.455. The van der Waals surface area contributed by atoms with Crippen LogP contribution in [0.4, 0.5) is 5.69 Å². The summed E-state index contributed by atoms with van der Waals surface area (Å²) in [4.78, 5) is 2.27. The monoisotopic (exact) mass is 322 g/mol. The normalized spacial score (nSPS) is 20.5. The summed E-state index contributed by atoms with van der Waals surface area (Å²) in [6.07, 6.45) is 1.14. The predicted octanol–water partition coefficient (Wildman–Crippen LogP) is 3.55. The molecule has 1 N–H and O–H groups in total. The van der Waals surface area contributed by atoms with Crippen LogP contribution < -0.4 is 10.2 Å². The Hall–Kier alpha value is 0.0400. The van der Waals surface area contributed by atoms with Crippen molar-refractivity contribution in [3.05, 3.63) is 26.7 Å². The molecule has 1 saturated heterocycles. The van der Waals surface area contributed by atoms with Crippen LogP contribution in [0.15, 0.2) is 16.6 Å². The highest BCUT2D eigenvalue weighted by Gasteiger charge is 2.23. The number of hydrogen-bond acceptors (Lipinski definition) is 2. The van der Waals surface area contributed by atoms with Gasteiger partial charge in [-0.3, -0.25) is 0 Å². The van der Waals surface area contributed by atoms with Gasteiger partial charge in [0, 0.05) is 23.6 Å². The van der Waals surface area contributed by atoms with Gasteiger partial charge in [0.05, 0.1) is 15.7 Å². The van der Waals surface area contributed by atoms with Gasteiger partial charge in [0.1, 0.15) is 0 Å². The summed E-state index contributed by atoms with van der Waals surface area (Å²) in [7, 11) is 1.99. The molecule has 1 unspecified atom stereocenters. The second-order valence-electron chi connectivity index (χ2n) is 3.91. The number of likely N-dealkylation sites (N-methyl/N-ethyl adjacent to an activating group) is 1. The predicted molar refractivity (Wildman–Crippen MR) is 73.8 cm³/mol. The number of halogens is 3. The summed E-state index contributed by atoms with van der Waals surface area (Å²) in [5, 5.41) is 4.50. The lowest BCUT2D eigenvalue weighted by Crippen LogP contribution is -2.29. The lowest BCUT2D eigenvalue weighted by atomic mass is 10.3. The van der Waals surface area contributed by atoms with Crippen molar-refractivity contribution in [2.45, 2.75) is 12.5 Å². The Bertz CT molecular complexity index is 398. The van der Waals surface area contributed by atoms with Crippen molar-refractivity contribution in [3.8, 4) is 0 Å². The van der Waals surface area contributed by atoms with E-state index < -0.39 is 0 Å². The molecule has 0 amide bonds. The molecule has 0 radical (unpaired) electrons. The van der Waals surface area contributed by atoms with Crippen LogP contribution in [0.5, 0.6) is 0 Å². The first-order chi connectivity index (χ1) is 7.63. The van der Waals surface area contributed by atoms with Crippen molar-refractivity contribution in [3.63, 3.8) is 0 Å². The summed E-state index contributed by atoms with van der Waals surface area (Å²) in [5.41, 5.74) is 1.02.